The Bertz CT molecular complexity index is 189. The fourth-order valence-corrected chi connectivity index (χ4v) is 1.37. The SMILES string of the molecule is CCNCCNC(=O)CCOCCCCOCC. The van der Waals surface area contributed by atoms with Crippen LogP contribution >= 0.6 is 0 Å². The summed E-state index contributed by atoms with van der Waals surface area (Å²) in [7, 11) is 0. The number of carbonyl (C=O) groups is 1. The van der Waals surface area contributed by atoms with E-state index in [1.54, 1.807) is 0 Å². The molecule has 0 aromatic rings. The van der Waals surface area contributed by atoms with Gasteiger partial charge >= 0.3 is 0 Å². The molecule has 0 saturated carbocycles. The van der Waals surface area contributed by atoms with E-state index in [9.17, 15) is 4.79 Å². The average Bonchev–Trinajstić information content (AvgIpc) is 2.38. The maximum atomic E-state index is 11.3. The van der Waals surface area contributed by atoms with Gasteiger partial charge in [-0.05, 0) is 26.3 Å². The lowest BCUT2D eigenvalue weighted by atomic mass is 10.3. The first-order valence-corrected chi connectivity index (χ1v) is 6.94. The van der Waals surface area contributed by atoms with Gasteiger partial charge in [0, 0.05) is 39.3 Å². The number of hydrogen-bond donors (Lipinski definition) is 2. The Kier molecular flexibility index (Phi) is 13.9. The van der Waals surface area contributed by atoms with Crippen LogP contribution in [0.5, 0.6) is 0 Å². The molecule has 108 valence electrons. The predicted molar refractivity (Wildman–Crippen MR) is 72.7 cm³/mol. The van der Waals surface area contributed by atoms with Crippen molar-refractivity contribution in [2.75, 3.05) is 46.1 Å². The lowest BCUT2D eigenvalue weighted by molar-refractivity contribution is -0.122. The maximum absolute atomic E-state index is 11.3. The number of ether oxygens (including phenoxy) is 2. The summed E-state index contributed by atoms with van der Waals surface area (Å²) in [5, 5.41) is 5.98. The van der Waals surface area contributed by atoms with Crippen LogP contribution in [0.1, 0.15) is 33.1 Å². The molecule has 0 aliphatic rings. The minimum atomic E-state index is 0.0576. The monoisotopic (exact) mass is 260 g/mol. The molecular weight excluding hydrogens is 232 g/mol. The molecule has 2 N–H and O–H groups in total. The fraction of sp³-hybridized carbons (Fsp3) is 0.923. The van der Waals surface area contributed by atoms with E-state index in [-0.39, 0.29) is 5.91 Å². The van der Waals surface area contributed by atoms with Crippen molar-refractivity contribution in [3.05, 3.63) is 0 Å². The van der Waals surface area contributed by atoms with Gasteiger partial charge in [-0.1, -0.05) is 6.92 Å². The topological polar surface area (TPSA) is 59.6 Å². The first kappa shape index (κ1) is 17.4. The van der Waals surface area contributed by atoms with Crippen molar-refractivity contribution < 1.29 is 14.3 Å². The van der Waals surface area contributed by atoms with Gasteiger partial charge in [0.25, 0.3) is 0 Å². The molecule has 5 nitrogen and oxygen atoms in total. The van der Waals surface area contributed by atoms with Crippen LogP contribution in [0.25, 0.3) is 0 Å². The number of rotatable bonds is 13. The van der Waals surface area contributed by atoms with Gasteiger partial charge in [-0.3, -0.25) is 4.79 Å². The molecule has 5 heteroatoms. The molecular formula is C13H28N2O3. The summed E-state index contributed by atoms with van der Waals surface area (Å²) in [5.74, 6) is 0.0576. The van der Waals surface area contributed by atoms with Gasteiger partial charge in [0.1, 0.15) is 0 Å². The van der Waals surface area contributed by atoms with Gasteiger partial charge in [0.05, 0.1) is 6.61 Å². The summed E-state index contributed by atoms with van der Waals surface area (Å²) >= 11 is 0. The standard InChI is InChI=1S/C13H28N2O3/c1-3-14-8-9-15-13(16)7-12-18-11-6-5-10-17-4-2/h14H,3-12H2,1-2H3,(H,15,16). The van der Waals surface area contributed by atoms with Crippen molar-refractivity contribution in [3.8, 4) is 0 Å². The Hall–Kier alpha value is -0.650. The van der Waals surface area contributed by atoms with Crippen molar-refractivity contribution in [2.45, 2.75) is 33.1 Å². The van der Waals surface area contributed by atoms with Gasteiger partial charge in [0.15, 0.2) is 0 Å². The molecule has 0 bridgehead atoms. The smallest absolute Gasteiger partial charge is 0.222 e. The van der Waals surface area contributed by atoms with E-state index in [2.05, 4.69) is 10.6 Å². The summed E-state index contributed by atoms with van der Waals surface area (Å²) in [5.41, 5.74) is 0. The second-order valence-electron chi connectivity index (χ2n) is 3.97. The summed E-state index contributed by atoms with van der Waals surface area (Å²) in [4.78, 5) is 11.3. The highest BCUT2D eigenvalue weighted by atomic mass is 16.5. The molecule has 18 heavy (non-hydrogen) atoms. The number of hydrogen-bond acceptors (Lipinski definition) is 4. The highest BCUT2D eigenvalue weighted by Crippen LogP contribution is 1.92. The third kappa shape index (κ3) is 13.4. The molecule has 0 saturated heterocycles. The first-order valence-electron chi connectivity index (χ1n) is 6.94. The van der Waals surface area contributed by atoms with Gasteiger partial charge in [0.2, 0.25) is 5.91 Å². The van der Waals surface area contributed by atoms with E-state index < -0.39 is 0 Å². The molecule has 1 amide bonds. The number of nitrogens with one attached hydrogen (secondary N) is 2. The van der Waals surface area contributed by atoms with Crippen LogP contribution in [0.15, 0.2) is 0 Å². The lowest BCUT2D eigenvalue weighted by Crippen LogP contribution is -2.32. The van der Waals surface area contributed by atoms with Crippen LogP contribution in [-0.2, 0) is 14.3 Å². The van der Waals surface area contributed by atoms with Gasteiger partial charge in [-0.25, -0.2) is 0 Å². The van der Waals surface area contributed by atoms with E-state index in [0.29, 0.717) is 26.2 Å². The first-order chi connectivity index (χ1) is 8.81. The molecule has 0 heterocycles. The summed E-state index contributed by atoms with van der Waals surface area (Å²) in [6, 6.07) is 0. The molecule has 0 fully saturated rings. The zero-order valence-electron chi connectivity index (χ0n) is 11.8. The Labute approximate surface area is 111 Å². The van der Waals surface area contributed by atoms with Crippen molar-refractivity contribution in [3.63, 3.8) is 0 Å². The van der Waals surface area contributed by atoms with Gasteiger partial charge in [-0.15, -0.1) is 0 Å². The Morgan fingerprint density at radius 3 is 2.39 bits per heavy atom. The second-order valence-corrected chi connectivity index (χ2v) is 3.97. The van der Waals surface area contributed by atoms with E-state index in [4.69, 9.17) is 9.47 Å². The van der Waals surface area contributed by atoms with E-state index in [1.165, 1.54) is 0 Å². The summed E-state index contributed by atoms with van der Waals surface area (Å²) in [6.07, 6.45) is 2.45. The van der Waals surface area contributed by atoms with Crippen LogP contribution in [0, 0.1) is 0 Å². The van der Waals surface area contributed by atoms with Gasteiger partial charge in [-0.2, -0.15) is 0 Å². The van der Waals surface area contributed by atoms with E-state index in [0.717, 1.165) is 39.1 Å². The summed E-state index contributed by atoms with van der Waals surface area (Å²) < 4.78 is 10.6. The largest absolute Gasteiger partial charge is 0.382 e. The zero-order valence-corrected chi connectivity index (χ0v) is 11.8. The van der Waals surface area contributed by atoms with Crippen molar-refractivity contribution in [1.82, 2.24) is 10.6 Å². The number of unbranched alkanes of at least 4 members (excludes halogenated alkanes) is 1. The predicted octanol–water partition coefficient (Wildman–Crippen LogP) is 0.935. The Morgan fingerprint density at radius 1 is 1.00 bits per heavy atom. The van der Waals surface area contributed by atoms with Gasteiger partial charge < -0.3 is 20.1 Å². The third-order valence-corrected chi connectivity index (χ3v) is 2.38. The molecule has 0 aromatic heterocycles. The molecule has 0 rings (SSSR count). The Morgan fingerprint density at radius 2 is 1.72 bits per heavy atom. The molecule has 0 spiro atoms. The average molecular weight is 260 g/mol. The number of likely N-dealkylation sites (N-methyl/N-ethyl adjacent to an activating group) is 1. The van der Waals surface area contributed by atoms with Crippen LogP contribution in [0.4, 0.5) is 0 Å². The fourth-order valence-electron chi connectivity index (χ4n) is 1.37. The number of carbonyl (C=O) groups excluding carboxylic acids is 1. The quantitative estimate of drug-likeness (QED) is 0.484. The Balaban J connectivity index is 3.10. The zero-order chi connectivity index (χ0) is 13.5. The molecule has 0 radical (unpaired) electrons. The molecule has 0 aliphatic carbocycles. The van der Waals surface area contributed by atoms with Crippen LogP contribution in [-0.4, -0.2) is 52.0 Å². The lowest BCUT2D eigenvalue weighted by Gasteiger charge is -2.06. The third-order valence-electron chi connectivity index (χ3n) is 2.38. The molecule has 0 atom stereocenters. The van der Waals surface area contributed by atoms with Crippen LogP contribution < -0.4 is 10.6 Å². The summed E-state index contributed by atoms with van der Waals surface area (Å²) in [6.45, 7) is 9.24. The number of amides is 1. The van der Waals surface area contributed by atoms with E-state index in [1.807, 2.05) is 13.8 Å². The maximum Gasteiger partial charge on any atom is 0.222 e. The van der Waals surface area contributed by atoms with Crippen molar-refractivity contribution in [1.29, 1.82) is 0 Å². The minimum Gasteiger partial charge on any atom is -0.382 e. The molecule has 0 unspecified atom stereocenters. The highest BCUT2D eigenvalue weighted by molar-refractivity contribution is 5.75. The minimum absolute atomic E-state index is 0.0576. The van der Waals surface area contributed by atoms with Crippen molar-refractivity contribution >= 4 is 5.91 Å². The van der Waals surface area contributed by atoms with Crippen LogP contribution in [0.2, 0.25) is 0 Å². The molecule has 0 aliphatic heterocycles. The van der Waals surface area contributed by atoms with Crippen LogP contribution in [0.3, 0.4) is 0 Å². The normalized spacial score (nSPS) is 10.6. The molecule has 0 aromatic carbocycles. The van der Waals surface area contributed by atoms with E-state index >= 15 is 0 Å². The van der Waals surface area contributed by atoms with Crippen molar-refractivity contribution in [2.24, 2.45) is 0 Å². The highest BCUT2D eigenvalue weighted by Gasteiger charge is 1.99. The second kappa shape index (κ2) is 14.4.